The molecule has 0 aliphatic heterocycles. The van der Waals surface area contributed by atoms with E-state index in [-0.39, 0.29) is 12.8 Å². The molecule has 0 aromatic carbocycles. The van der Waals surface area contributed by atoms with Crippen LogP contribution in [0.15, 0.2) is 0 Å². The zero-order valence-electron chi connectivity index (χ0n) is 21.2. The van der Waals surface area contributed by atoms with Crippen LogP contribution in [0.5, 0.6) is 0 Å². The molecule has 0 aromatic heterocycles. The summed E-state index contributed by atoms with van der Waals surface area (Å²) in [4.78, 5) is 89.2. The second kappa shape index (κ2) is 22.8. The molecule has 42 heavy (non-hydrogen) atoms. The van der Waals surface area contributed by atoms with Crippen LogP contribution < -0.4 is 0 Å². The van der Waals surface area contributed by atoms with Gasteiger partial charge < -0.3 is 66.4 Å². The minimum Gasteiger partial charge on any atom is -0.481 e. The van der Waals surface area contributed by atoms with Crippen molar-refractivity contribution in [1.29, 1.82) is 0 Å². The van der Waals surface area contributed by atoms with Crippen molar-refractivity contribution in [3.8, 4) is 0 Å². The van der Waals surface area contributed by atoms with Gasteiger partial charge in [0.05, 0.1) is 19.3 Å². The molecule has 0 radical (unpaired) electrons. The molecule has 22 heteroatoms. The molecule has 0 rings (SSSR count). The maximum Gasteiger partial charge on any atom is 0.336 e. The minimum atomic E-state index is -2.74. The number of carbonyl (C=O) groups is 9. The standard InChI is InChI=1S/C6H8O7.C6H10O4.C4H6O6.C4H6O5/c7-3(8)1-6(13,5(11)12)2-4(9)10;7-5(8)3-1-2-4-6(9)10;5-1(3(7)8)2(6)4(9)10;5-2(4(8)9)1-3(6)7/h13H,1-2H2,(H,7,8)(H,9,10)(H,11,12);1-4H2,(H,7,8)(H,9,10);1-2,5-6H,(H,7,8)(H,9,10);2,5H,1H2,(H,6,7)(H,8,9). The highest BCUT2D eigenvalue weighted by molar-refractivity contribution is 5.88. The summed E-state index contributed by atoms with van der Waals surface area (Å²) in [5, 5.41) is 107. The second-order valence-corrected chi connectivity index (χ2v) is 7.49. The first kappa shape index (κ1) is 44.1. The number of aliphatic carboxylic acids is 9. The van der Waals surface area contributed by atoms with E-state index in [2.05, 4.69) is 0 Å². The maximum atomic E-state index is 10.3. The molecule has 13 N–H and O–H groups in total. The first-order chi connectivity index (χ1) is 18.9. The summed E-state index contributed by atoms with van der Waals surface area (Å²) in [6.45, 7) is 0. The van der Waals surface area contributed by atoms with Crippen molar-refractivity contribution in [3.05, 3.63) is 0 Å². The van der Waals surface area contributed by atoms with Gasteiger partial charge in [-0.1, -0.05) is 0 Å². The van der Waals surface area contributed by atoms with Gasteiger partial charge in [0.15, 0.2) is 23.9 Å². The van der Waals surface area contributed by atoms with Crippen LogP contribution in [-0.4, -0.2) is 144 Å². The van der Waals surface area contributed by atoms with E-state index in [0.29, 0.717) is 12.8 Å². The largest absolute Gasteiger partial charge is 0.481 e. The van der Waals surface area contributed by atoms with Crippen LogP contribution in [0.1, 0.15) is 44.9 Å². The smallest absolute Gasteiger partial charge is 0.336 e. The number of carboxylic acid groups (broad SMARTS) is 9. The van der Waals surface area contributed by atoms with Gasteiger partial charge in [-0.3, -0.25) is 24.0 Å². The van der Waals surface area contributed by atoms with Crippen molar-refractivity contribution >= 4 is 53.7 Å². The first-order valence-electron chi connectivity index (χ1n) is 10.7. The van der Waals surface area contributed by atoms with Crippen molar-refractivity contribution in [2.45, 2.75) is 68.9 Å². The third kappa shape index (κ3) is 28.1. The van der Waals surface area contributed by atoms with Crippen LogP contribution in [0.3, 0.4) is 0 Å². The average Bonchev–Trinajstić information content (AvgIpc) is 2.80. The van der Waals surface area contributed by atoms with Gasteiger partial charge in [0.25, 0.3) is 0 Å². The van der Waals surface area contributed by atoms with Gasteiger partial charge in [0.1, 0.15) is 0 Å². The number of rotatable bonds is 16. The summed E-state index contributed by atoms with van der Waals surface area (Å²) in [6.07, 6.45) is -8.35. The Morgan fingerprint density at radius 3 is 0.929 bits per heavy atom. The predicted octanol–water partition coefficient (Wildman–Crippen LogP) is -3.75. The van der Waals surface area contributed by atoms with E-state index < -0.39 is 96.9 Å². The van der Waals surface area contributed by atoms with Crippen LogP contribution in [0.2, 0.25) is 0 Å². The molecule has 0 fully saturated rings. The molecule has 242 valence electrons. The highest BCUT2D eigenvalue weighted by Crippen LogP contribution is 2.15. The summed E-state index contributed by atoms with van der Waals surface area (Å²) in [5.41, 5.74) is -2.74. The Hall–Kier alpha value is -4.93. The molecule has 0 amide bonds. The summed E-state index contributed by atoms with van der Waals surface area (Å²) in [7, 11) is 0. The third-order valence-corrected chi connectivity index (χ3v) is 3.77. The van der Waals surface area contributed by atoms with Crippen molar-refractivity contribution < 1.29 is 110 Å². The lowest BCUT2D eigenvalue weighted by Crippen LogP contribution is -2.42. The van der Waals surface area contributed by atoms with Gasteiger partial charge >= 0.3 is 53.7 Å². The molecular formula is C20H30O22. The Bertz CT molecular complexity index is 904. The Labute approximate surface area is 232 Å². The molecule has 3 atom stereocenters. The summed E-state index contributed by atoms with van der Waals surface area (Å²) < 4.78 is 0. The van der Waals surface area contributed by atoms with Crippen molar-refractivity contribution in [1.82, 2.24) is 0 Å². The molecule has 0 aliphatic rings. The van der Waals surface area contributed by atoms with E-state index >= 15 is 0 Å². The van der Waals surface area contributed by atoms with E-state index in [0.717, 1.165) is 0 Å². The number of carboxylic acids is 9. The fraction of sp³-hybridized carbons (Fsp3) is 0.550. The zero-order chi connectivity index (χ0) is 34.4. The Kier molecular flexibility index (Phi) is 24.0. The van der Waals surface area contributed by atoms with Crippen LogP contribution in [0, 0.1) is 0 Å². The lowest BCUT2D eigenvalue weighted by Gasteiger charge is -2.18. The monoisotopic (exact) mass is 622 g/mol. The lowest BCUT2D eigenvalue weighted by atomic mass is 9.96. The molecule has 22 nitrogen and oxygen atoms in total. The average molecular weight is 622 g/mol. The molecule has 0 saturated carbocycles. The van der Waals surface area contributed by atoms with Crippen LogP contribution in [0.4, 0.5) is 0 Å². The zero-order valence-corrected chi connectivity index (χ0v) is 21.2. The number of hydrogen-bond acceptors (Lipinski definition) is 13. The highest BCUT2D eigenvalue weighted by atomic mass is 16.4. The molecular weight excluding hydrogens is 592 g/mol. The molecule has 0 spiro atoms. The predicted molar refractivity (Wildman–Crippen MR) is 124 cm³/mol. The van der Waals surface area contributed by atoms with E-state index in [1.54, 1.807) is 0 Å². The molecule has 0 bridgehead atoms. The quantitative estimate of drug-likeness (QED) is 0.0735. The minimum absolute atomic E-state index is 0.0628. The Morgan fingerprint density at radius 2 is 0.786 bits per heavy atom. The van der Waals surface area contributed by atoms with Crippen LogP contribution in [-0.2, 0) is 43.2 Å². The molecule has 0 aliphatic carbocycles. The van der Waals surface area contributed by atoms with E-state index in [1.807, 2.05) is 0 Å². The Morgan fingerprint density at radius 1 is 0.476 bits per heavy atom. The van der Waals surface area contributed by atoms with Gasteiger partial charge in [-0.2, -0.15) is 0 Å². The fourth-order valence-electron chi connectivity index (χ4n) is 1.79. The van der Waals surface area contributed by atoms with Crippen LogP contribution in [0.25, 0.3) is 0 Å². The number of unbranched alkanes of at least 4 members (excludes halogenated alkanes) is 1. The van der Waals surface area contributed by atoms with Gasteiger partial charge in [0.2, 0.25) is 0 Å². The van der Waals surface area contributed by atoms with Gasteiger partial charge in [0, 0.05) is 12.8 Å². The van der Waals surface area contributed by atoms with Crippen molar-refractivity contribution in [3.63, 3.8) is 0 Å². The second-order valence-electron chi connectivity index (χ2n) is 7.49. The van der Waals surface area contributed by atoms with Crippen LogP contribution >= 0.6 is 0 Å². The highest BCUT2D eigenvalue weighted by Gasteiger charge is 2.40. The maximum absolute atomic E-state index is 10.3. The van der Waals surface area contributed by atoms with E-state index in [9.17, 15) is 43.2 Å². The normalized spacial score (nSPS) is 12.0. The number of aliphatic hydroxyl groups is 4. The summed E-state index contributed by atoms with van der Waals surface area (Å²) in [6, 6.07) is 0. The van der Waals surface area contributed by atoms with Gasteiger partial charge in [-0.05, 0) is 12.8 Å². The van der Waals surface area contributed by atoms with E-state index in [1.165, 1.54) is 0 Å². The van der Waals surface area contributed by atoms with E-state index in [4.69, 9.17) is 66.4 Å². The number of hydrogen-bond donors (Lipinski definition) is 13. The van der Waals surface area contributed by atoms with Crippen molar-refractivity contribution in [2.24, 2.45) is 0 Å². The topological polar surface area (TPSA) is 417 Å². The fourth-order valence-corrected chi connectivity index (χ4v) is 1.79. The SMILES string of the molecule is O=C(O)C(O)C(O)C(=O)O.O=C(O)CC(O)(CC(=O)O)C(=O)O.O=C(O)CC(O)C(=O)O.O=C(O)CCCCC(=O)O. The van der Waals surface area contributed by atoms with Gasteiger partial charge in [-0.25, -0.2) is 19.2 Å². The molecule has 0 saturated heterocycles. The van der Waals surface area contributed by atoms with Gasteiger partial charge in [-0.15, -0.1) is 0 Å². The lowest BCUT2D eigenvalue weighted by molar-refractivity contribution is -0.170. The number of aliphatic hydroxyl groups excluding tert-OH is 3. The first-order valence-corrected chi connectivity index (χ1v) is 10.7. The summed E-state index contributed by atoms with van der Waals surface area (Å²) >= 11 is 0. The Balaban J connectivity index is -0.000000232. The summed E-state index contributed by atoms with van der Waals surface area (Å²) in [5.74, 6) is -13.1. The van der Waals surface area contributed by atoms with Crippen molar-refractivity contribution in [2.75, 3.05) is 0 Å². The molecule has 3 unspecified atom stereocenters. The molecule has 0 heterocycles. The third-order valence-electron chi connectivity index (χ3n) is 3.77. The molecule has 0 aromatic rings.